The van der Waals surface area contributed by atoms with Crippen molar-refractivity contribution < 1.29 is 9.63 Å². The highest BCUT2D eigenvalue weighted by Crippen LogP contribution is 2.20. The highest BCUT2D eigenvalue weighted by molar-refractivity contribution is 5.92. The second kappa shape index (κ2) is 3.06. The fourth-order valence-electron chi connectivity index (χ4n) is 1.23. The molecule has 1 fully saturated rings. The zero-order valence-electron chi connectivity index (χ0n) is 7.06. The van der Waals surface area contributed by atoms with E-state index in [-0.39, 0.29) is 5.91 Å². The van der Waals surface area contributed by atoms with Gasteiger partial charge in [-0.25, -0.2) is 0 Å². The normalized spacial score (nSPS) is 16.6. The van der Waals surface area contributed by atoms with E-state index >= 15 is 0 Å². The second-order valence-electron chi connectivity index (χ2n) is 2.86. The van der Waals surface area contributed by atoms with Crippen LogP contribution >= 0.6 is 0 Å². The number of hydroxylamine groups is 1. The number of anilines is 2. The van der Waals surface area contributed by atoms with Crippen molar-refractivity contribution in [3.05, 3.63) is 24.3 Å². The average Bonchev–Trinajstić information content (AvgIpc) is 2.53. The van der Waals surface area contributed by atoms with Gasteiger partial charge in [-0.05, 0) is 24.3 Å². The summed E-state index contributed by atoms with van der Waals surface area (Å²) in [4.78, 5) is 16.4. The maximum Gasteiger partial charge on any atom is 0.253 e. The number of carbonyl (C=O) groups excluding carboxylic acids is 1. The zero-order chi connectivity index (χ0) is 9.26. The first kappa shape index (κ1) is 8.07. The lowest BCUT2D eigenvalue weighted by Gasteiger charge is -2.13. The van der Waals surface area contributed by atoms with Gasteiger partial charge in [0.2, 0.25) is 0 Å². The van der Waals surface area contributed by atoms with E-state index in [9.17, 15) is 4.79 Å². The molecule has 1 heterocycles. The summed E-state index contributed by atoms with van der Waals surface area (Å²) in [7, 11) is 0. The van der Waals surface area contributed by atoms with Crippen LogP contribution in [-0.4, -0.2) is 12.5 Å². The standard InChI is InChI=1S/C9H10N2O2/c10-7-1-3-8(4-2-7)11-9(12)5-6-13-11/h1-4H,5-6,10H2. The third-order valence-corrected chi connectivity index (χ3v) is 1.89. The topological polar surface area (TPSA) is 55.6 Å². The van der Waals surface area contributed by atoms with Crippen LogP contribution in [-0.2, 0) is 9.63 Å². The second-order valence-corrected chi connectivity index (χ2v) is 2.86. The van der Waals surface area contributed by atoms with Crippen molar-refractivity contribution in [3.8, 4) is 0 Å². The van der Waals surface area contributed by atoms with E-state index in [0.29, 0.717) is 18.7 Å². The molecule has 1 aliphatic rings. The third kappa shape index (κ3) is 1.48. The van der Waals surface area contributed by atoms with Crippen LogP contribution < -0.4 is 10.8 Å². The summed E-state index contributed by atoms with van der Waals surface area (Å²) in [6.45, 7) is 0.462. The zero-order valence-corrected chi connectivity index (χ0v) is 7.06. The van der Waals surface area contributed by atoms with Crippen molar-refractivity contribution in [3.63, 3.8) is 0 Å². The Labute approximate surface area is 75.8 Å². The maximum atomic E-state index is 11.2. The van der Waals surface area contributed by atoms with E-state index in [1.807, 2.05) is 0 Å². The van der Waals surface area contributed by atoms with Gasteiger partial charge in [-0.2, -0.15) is 5.06 Å². The van der Waals surface area contributed by atoms with Crippen LogP contribution in [0.25, 0.3) is 0 Å². The monoisotopic (exact) mass is 178 g/mol. The van der Waals surface area contributed by atoms with Crippen LogP contribution in [0.2, 0.25) is 0 Å². The van der Waals surface area contributed by atoms with E-state index in [1.54, 1.807) is 24.3 Å². The number of benzene rings is 1. The van der Waals surface area contributed by atoms with Gasteiger partial charge in [-0.15, -0.1) is 0 Å². The fraction of sp³-hybridized carbons (Fsp3) is 0.222. The van der Waals surface area contributed by atoms with Crippen molar-refractivity contribution in [2.45, 2.75) is 6.42 Å². The average molecular weight is 178 g/mol. The van der Waals surface area contributed by atoms with E-state index in [4.69, 9.17) is 10.6 Å². The highest BCUT2D eigenvalue weighted by Gasteiger charge is 2.22. The predicted octanol–water partition coefficient (Wildman–Crippen LogP) is 0.937. The van der Waals surface area contributed by atoms with Crippen molar-refractivity contribution in [2.75, 3.05) is 17.4 Å². The number of rotatable bonds is 1. The molecule has 68 valence electrons. The smallest absolute Gasteiger partial charge is 0.253 e. The molecule has 0 saturated carbocycles. The molecular weight excluding hydrogens is 168 g/mol. The molecule has 1 aromatic rings. The van der Waals surface area contributed by atoms with Crippen molar-refractivity contribution in [1.82, 2.24) is 0 Å². The Bertz CT molecular complexity index is 321. The fourth-order valence-corrected chi connectivity index (χ4v) is 1.23. The number of amides is 1. The number of nitrogens with two attached hydrogens (primary N) is 1. The first-order valence-corrected chi connectivity index (χ1v) is 4.09. The van der Waals surface area contributed by atoms with Crippen LogP contribution in [0.1, 0.15) is 6.42 Å². The minimum absolute atomic E-state index is 0.00947. The summed E-state index contributed by atoms with van der Waals surface area (Å²) < 4.78 is 0. The molecular formula is C9H10N2O2. The summed E-state index contributed by atoms with van der Waals surface area (Å²) >= 11 is 0. The van der Waals surface area contributed by atoms with Gasteiger partial charge < -0.3 is 5.73 Å². The van der Waals surface area contributed by atoms with E-state index in [2.05, 4.69) is 0 Å². The number of nitrogen functional groups attached to an aromatic ring is 1. The molecule has 0 aromatic heterocycles. The summed E-state index contributed by atoms with van der Waals surface area (Å²) in [5.41, 5.74) is 6.93. The van der Waals surface area contributed by atoms with Gasteiger partial charge in [0.1, 0.15) is 0 Å². The molecule has 1 aromatic carbocycles. The lowest BCUT2D eigenvalue weighted by atomic mass is 10.3. The van der Waals surface area contributed by atoms with E-state index < -0.39 is 0 Å². The van der Waals surface area contributed by atoms with Gasteiger partial charge in [0.05, 0.1) is 18.7 Å². The minimum Gasteiger partial charge on any atom is -0.399 e. The summed E-state index contributed by atoms with van der Waals surface area (Å²) in [6, 6.07) is 7.01. The molecule has 0 atom stereocenters. The first-order chi connectivity index (χ1) is 6.27. The molecule has 13 heavy (non-hydrogen) atoms. The lowest BCUT2D eigenvalue weighted by Crippen LogP contribution is -2.21. The molecule has 1 aliphatic heterocycles. The number of hydrogen-bond acceptors (Lipinski definition) is 3. The summed E-state index contributed by atoms with van der Waals surface area (Å²) in [5.74, 6) is -0.00947. The Morgan fingerprint density at radius 3 is 2.54 bits per heavy atom. The van der Waals surface area contributed by atoms with Crippen LogP contribution in [0.5, 0.6) is 0 Å². The largest absolute Gasteiger partial charge is 0.399 e. The van der Waals surface area contributed by atoms with Gasteiger partial charge in [-0.3, -0.25) is 9.63 Å². The van der Waals surface area contributed by atoms with Gasteiger partial charge >= 0.3 is 0 Å². The molecule has 0 unspecified atom stereocenters. The van der Waals surface area contributed by atoms with Gasteiger partial charge in [0.25, 0.3) is 5.91 Å². The molecule has 0 radical (unpaired) electrons. The van der Waals surface area contributed by atoms with Gasteiger partial charge in [0.15, 0.2) is 0 Å². The predicted molar refractivity (Wildman–Crippen MR) is 48.9 cm³/mol. The molecule has 0 bridgehead atoms. The van der Waals surface area contributed by atoms with Crippen molar-refractivity contribution >= 4 is 17.3 Å². The Balaban J connectivity index is 2.25. The number of carbonyl (C=O) groups is 1. The SMILES string of the molecule is Nc1ccc(N2OCCC2=O)cc1. The van der Waals surface area contributed by atoms with Crippen LogP contribution in [0.15, 0.2) is 24.3 Å². The minimum atomic E-state index is -0.00947. The first-order valence-electron chi connectivity index (χ1n) is 4.09. The maximum absolute atomic E-state index is 11.2. The molecule has 0 spiro atoms. The third-order valence-electron chi connectivity index (χ3n) is 1.89. The highest BCUT2D eigenvalue weighted by atomic mass is 16.7. The molecule has 1 amide bonds. The van der Waals surface area contributed by atoms with Crippen molar-refractivity contribution in [1.29, 1.82) is 0 Å². The van der Waals surface area contributed by atoms with Crippen LogP contribution in [0.3, 0.4) is 0 Å². The number of nitrogens with zero attached hydrogens (tertiary/aromatic N) is 1. The lowest BCUT2D eigenvalue weighted by molar-refractivity contribution is -0.119. The quantitative estimate of drug-likeness (QED) is 0.651. The molecule has 2 N–H and O–H groups in total. The Kier molecular flexibility index (Phi) is 1.90. The van der Waals surface area contributed by atoms with Gasteiger partial charge in [0, 0.05) is 5.69 Å². The molecule has 2 rings (SSSR count). The van der Waals surface area contributed by atoms with Crippen LogP contribution in [0, 0.1) is 0 Å². The molecule has 1 saturated heterocycles. The van der Waals surface area contributed by atoms with Gasteiger partial charge in [-0.1, -0.05) is 0 Å². The van der Waals surface area contributed by atoms with Crippen molar-refractivity contribution in [2.24, 2.45) is 0 Å². The molecule has 4 nitrogen and oxygen atoms in total. The number of hydrogen-bond donors (Lipinski definition) is 1. The summed E-state index contributed by atoms with van der Waals surface area (Å²) in [5, 5.41) is 1.30. The Hall–Kier alpha value is -1.55. The molecule has 0 aliphatic carbocycles. The Morgan fingerprint density at radius 1 is 1.31 bits per heavy atom. The van der Waals surface area contributed by atoms with E-state index in [1.165, 1.54) is 5.06 Å². The van der Waals surface area contributed by atoms with Crippen LogP contribution in [0.4, 0.5) is 11.4 Å². The Morgan fingerprint density at radius 2 is 2.00 bits per heavy atom. The molecule has 4 heteroatoms. The van der Waals surface area contributed by atoms with E-state index in [0.717, 1.165) is 5.69 Å². The summed E-state index contributed by atoms with van der Waals surface area (Å²) in [6.07, 6.45) is 0.449.